The number of hydrogen-bond donors (Lipinski definition) is 1. The summed E-state index contributed by atoms with van der Waals surface area (Å²) in [4.78, 5) is 0. The average Bonchev–Trinajstić information content (AvgIpc) is 3.14. The predicted octanol–water partition coefficient (Wildman–Crippen LogP) is 7.20. The molecule has 0 bridgehead atoms. The molecule has 32 heavy (non-hydrogen) atoms. The number of hydrogen-bond acceptors (Lipinski definition) is 1. The lowest BCUT2D eigenvalue weighted by Gasteiger charge is -2.15. The third kappa shape index (κ3) is 3.62. The van der Waals surface area contributed by atoms with Gasteiger partial charge in [0.05, 0.1) is 0 Å². The summed E-state index contributed by atoms with van der Waals surface area (Å²) in [6.45, 7) is 4.21. The van der Waals surface area contributed by atoms with Gasteiger partial charge in [-0.3, -0.25) is 0 Å². The molecule has 0 amide bonds. The van der Waals surface area contributed by atoms with E-state index in [1.807, 2.05) is 36.4 Å². The molecule has 1 nitrogen and oxygen atoms in total. The minimum absolute atomic E-state index is 0.715. The van der Waals surface area contributed by atoms with E-state index in [9.17, 15) is 5.11 Å². The van der Waals surface area contributed by atoms with E-state index in [0.717, 1.165) is 44.5 Å². The summed E-state index contributed by atoms with van der Waals surface area (Å²) < 4.78 is 0. The molecule has 1 N–H and O–H groups in total. The quantitative estimate of drug-likeness (QED) is 0.374. The van der Waals surface area contributed by atoms with E-state index < -0.39 is 6.10 Å². The molecular formula is C31H26O. The van der Waals surface area contributed by atoms with Gasteiger partial charge in [-0.1, -0.05) is 120 Å². The highest BCUT2D eigenvalue weighted by molar-refractivity contribution is 6.29. The van der Waals surface area contributed by atoms with E-state index in [4.69, 9.17) is 0 Å². The van der Waals surface area contributed by atoms with Crippen molar-refractivity contribution in [2.75, 3.05) is 0 Å². The molecule has 0 fully saturated rings. The molecular weight excluding hydrogens is 388 g/mol. The third-order valence-electron chi connectivity index (χ3n) is 6.19. The second-order valence-corrected chi connectivity index (χ2v) is 8.44. The molecule has 156 valence electrons. The van der Waals surface area contributed by atoms with Crippen molar-refractivity contribution in [1.29, 1.82) is 0 Å². The van der Waals surface area contributed by atoms with Crippen LogP contribution in [0.15, 0.2) is 109 Å². The lowest BCUT2D eigenvalue weighted by molar-refractivity contribution is 0.291. The van der Waals surface area contributed by atoms with Crippen LogP contribution in [0.25, 0.3) is 22.3 Å². The Balaban J connectivity index is 1.86. The molecule has 0 atom stereocenters. The molecule has 0 saturated heterocycles. The Labute approximate surface area is 190 Å². The van der Waals surface area contributed by atoms with Gasteiger partial charge < -0.3 is 5.11 Å². The second-order valence-electron chi connectivity index (χ2n) is 8.44. The van der Waals surface area contributed by atoms with Crippen molar-refractivity contribution < 1.29 is 5.11 Å². The van der Waals surface area contributed by atoms with Gasteiger partial charge in [-0.25, -0.2) is 0 Å². The van der Waals surface area contributed by atoms with E-state index in [2.05, 4.69) is 86.6 Å². The highest BCUT2D eigenvalue weighted by Crippen LogP contribution is 2.51. The molecule has 1 aliphatic carbocycles. The van der Waals surface area contributed by atoms with Crippen LogP contribution >= 0.6 is 0 Å². The second kappa shape index (κ2) is 8.45. The molecule has 0 aliphatic heterocycles. The van der Waals surface area contributed by atoms with Crippen LogP contribution in [0.1, 0.15) is 33.4 Å². The number of rotatable bonds is 4. The van der Waals surface area contributed by atoms with E-state index in [1.54, 1.807) is 0 Å². The Morgan fingerprint density at radius 1 is 0.438 bits per heavy atom. The van der Waals surface area contributed by atoms with Gasteiger partial charge in [0.25, 0.3) is 0 Å². The molecule has 0 aromatic heterocycles. The average molecular weight is 415 g/mol. The standard InChI is InChI=1S/C31H26O/c1-21-13-17-25(18-14-21)27-28(26-19-15-22(2)16-20-26)30(24-11-7-4-8-12-24)31(32)29(27)23-9-5-3-6-10-23/h3-20,31-32H,1-2H3. The maximum atomic E-state index is 11.8. The fourth-order valence-electron chi connectivity index (χ4n) is 4.57. The summed E-state index contributed by atoms with van der Waals surface area (Å²) in [5.41, 5.74) is 10.9. The van der Waals surface area contributed by atoms with Gasteiger partial charge in [0.2, 0.25) is 0 Å². The van der Waals surface area contributed by atoms with E-state index >= 15 is 0 Å². The summed E-state index contributed by atoms with van der Waals surface area (Å²) in [6.07, 6.45) is -0.715. The SMILES string of the molecule is Cc1ccc(C2=C(c3ccccc3)C(O)C(c3ccccc3)=C2c2ccc(C)cc2)cc1. The zero-order chi connectivity index (χ0) is 22.1. The largest absolute Gasteiger partial charge is 0.384 e. The van der Waals surface area contributed by atoms with Gasteiger partial charge in [-0.15, -0.1) is 0 Å². The Hall–Kier alpha value is -3.68. The first-order valence-electron chi connectivity index (χ1n) is 11.0. The van der Waals surface area contributed by atoms with Crippen molar-refractivity contribution in [3.05, 3.63) is 143 Å². The van der Waals surface area contributed by atoms with Crippen LogP contribution in [0.4, 0.5) is 0 Å². The molecule has 1 heteroatoms. The molecule has 4 aromatic rings. The fourth-order valence-corrected chi connectivity index (χ4v) is 4.57. The number of benzene rings is 4. The molecule has 0 heterocycles. The number of aliphatic hydroxyl groups excluding tert-OH is 1. The topological polar surface area (TPSA) is 20.2 Å². The normalized spacial score (nSPS) is 14.3. The summed E-state index contributed by atoms with van der Waals surface area (Å²) in [5.74, 6) is 0. The number of allylic oxidation sites excluding steroid dienone is 2. The van der Waals surface area contributed by atoms with Crippen LogP contribution in [0, 0.1) is 13.8 Å². The monoisotopic (exact) mass is 414 g/mol. The maximum absolute atomic E-state index is 11.8. The summed E-state index contributed by atoms with van der Waals surface area (Å²) in [5, 5.41) is 11.8. The zero-order valence-electron chi connectivity index (χ0n) is 18.4. The van der Waals surface area contributed by atoms with Gasteiger partial charge in [0.1, 0.15) is 6.10 Å². The van der Waals surface area contributed by atoms with Gasteiger partial charge in [-0.2, -0.15) is 0 Å². The summed E-state index contributed by atoms with van der Waals surface area (Å²) in [7, 11) is 0. The van der Waals surface area contributed by atoms with Crippen molar-refractivity contribution in [3.8, 4) is 0 Å². The Morgan fingerprint density at radius 2 is 0.781 bits per heavy atom. The number of aliphatic hydroxyl groups is 1. The van der Waals surface area contributed by atoms with Crippen LogP contribution in [0.3, 0.4) is 0 Å². The molecule has 5 rings (SSSR count). The van der Waals surface area contributed by atoms with E-state index in [0.29, 0.717) is 0 Å². The smallest absolute Gasteiger partial charge is 0.106 e. The minimum Gasteiger partial charge on any atom is -0.384 e. The number of aryl methyl sites for hydroxylation is 2. The van der Waals surface area contributed by atoms with Crippen LogP contribution in [0.2, 0.25) is 0 Å². The lowest BCUT2D eigenvalue weighted by atomic mass is 9.88. The molecule has 0 radical (unpaired) electrons. The van der Waals surface area contributed by atoms with Crippen LogP contribution in [0.5, 0.6) is 0 Å². The molecule has 4 aromatic carbocycles. The Morgan fingerprint density at radius 3 is 1.12 bits per heavy atom. The first-order chi connectivity index (χ1) is 15.6. The van der Waals surface area contributed by atoms with Crippen molar-refractivity contribution in [3.63, 3.8) is 0 Å². The summed E-state index contributed by atoms with van der Waals surface area (Å²) >= 11 is 0. The van der Waals surface area contributed by atoms with Crippen molar-refractivity contribution in [1.82, 2.24) is 0 Å². The summed E-state index contributed by atoms with van der Waals surface area (Å²) in [6, 6.07) is 37.8. The van der Waals surface area contributed by atoms with Crippen molar-refractivity contribution in [2.45, 2.75) is 20.0 Å². The van der Waals surface area contributed by atoms with Crippen LogP contribution < -0.4 is 0 Å². The highest BCUT2D eigenvalue weighted by atomic mass is 16.3. The first-order valence-corrected chi connectivity index (χ1v) is 11.0. The van der Waals surface area contributed by atoms with Crippen molar-refractivity contribution in [2.24, 2.45) is 0 Å². The van der Waals surface area contributed by atoms with E-state index in [-0.39, 0.29) is 0 Å². The maximum Gasteiger partial charge on any atom is 0.106 e. The van der Waals surface area contributed by atoms with Gasteiger partial charge in [-0.05, 0) is 47.2 Å². The highest BCUT2D eigenvalue weighted by Gasteiger charge is 2.35. The van der Waals surface area contributed by atoms with Gasteiger partial charge >= 0.3 is 0 Å². The van der Waals surface area contributed by atoms with Gasteiger partial charge in [0, 0.05) is 11.1 Å². The zero-order valence-corrected chi connectivity index (χ0v) is 18.4. The fraction of sp³-hybridized carbons (Fsp3) is 0.0968. The third-order valence-corrected chi connectivity index (χ3v) is 6.19. The van der Waals surface area contributed by atoms with Crippen LogP contribution in [-0.4, -0.2) is 11.2 Å². The van der Waals surface area contributed by atoms with Gasteiger partial charge in [0.15, 0.2) is 0 Å². The van der Waals surface area contributed by atoms with Crippen LogP contribution in [-0.2, 0) is 0 Å². The van der Waals surface area contributed by atoms with E-state index in [1.165, 1.54) is 11.1 Å². The molecule has 0 spiro atoms. The Bertz CT molecular complexity index is 1190. The molecule has 0 saturated carbocycles. The first kappa shape index (κ1) is 20.2. The minimum atomic E-state index is -0.715. The van der Waals surface area contributed by atoms with Crippen molar-refractivity contribution >= 4 is 22.3 Å². The lowest BCUT2D eigenvalue weighted by Crippen LogP contribution is -2.09. The molecule has 0 unspecified atom stereocenters. The Kier molecular flexibility index (Phi) is 5.34. The predicted molar refractivity (Wildman–Crippen MR) is 135 cm³/mol. The molecule has 1 aliphatic rings.